The number of anilines is 1. The first-order chi connectivity index (χ1) is 9.37. The molecule has 0 aliphatic carbocycles. The van der Waals surface area contributed by atoms with Crippen LogP contribution < -0.4 is 5.73 Å². The van der Waals surface area contributed by atoms with Crippen molar-refractivity contribution < 1.29 is 17.9 Å². The van der Waals surface area contributed by atoms with Crippen molar-refractivity contribution in [1.29, 1.82) is 0 Å². The number of hydrogen-bond acceptors (Lipinski definition) is 6. The highest BCUT2D eigenvalue weighted by Crippen LogP contribution is 2.21. The Morgan fingerprint density at radius 3 is 2.50 bits per heavy atom. The SMILES string of the molecule is COC(=O)c1cnn(S(=O)(=O)c2ccc(Cl)cc2)c1N. The van der Waals surface area contributed by atoms with Crippen molar-refractivity contribution in [3.8, 4) is 0 Å². The summed E-state index contributed by atoms with van der Waals surface area (Å²) in [5, 5.41) is 4.02. The number of methoxy groups -OCH3 is 1. The fraction of sp³-hybridized carbons (Fsp3) is 0.0909. The summed E-state index contributed by atoms with van der Waals surface area (Å²) in [6.45, 7) is 0. The van der Waals surface area contributed by atoms with Gasteiger partial charge in [-0.25, -0.2) is 4.79 Å². The van der Waals surface area contributed by atoms with Crippen LogP contribution in [0.4, 0.5) is 5.82 Å². The van der Waals surface area contributed by atoms with Crippen LogP contribution in [0.1, 0.15) is 10.4 Å². The minimum absolute atomic E-state index is 0.0480. The monoisotopic (exact) mass is 315 g/mol. The molecule has 0 aliphatic heterocycles. The van der Waals surface area contributed by atoms with Gasteiger partial charge in [-0.1, -0.05) is 11.6 Å². The highest BCUT2D eigenvalue weighted by molar-refractivity contribution is 7.90. The lowest BCUT2D eigenvalue weighted by atomic mass is 10.3. The molecule has 0 radical (unpaired) electrons. The number of nitrogens with zero attached hydrogens (tertiary/aromatic N) is 2. The number of carbonyl (C=O) groups is 1. The average molecular weight is 316 g/mol. The first kappa shape index (κ1) is 14.4. The number of nitrogen functional groups attached to an aromatic ring is 1. The maximum Gasteiger partial charge on any atom is 0.343 e. The molecule has 0 amide bonds. The predicted molar refractivity (Wildman–Crippen MR) is 72.0 cm³/mol. The molecule has 106 valence electrons. The number of rotatable bonds is 3. The number of carbonyl (C=O) groups excluding carboxylic acids is 1. The third kappa shape index (κ3) is 2.35. The first-order valence-electron chi connectivity index (χ1n) is 5.31. The zero-order chi connectivity index (χ0) is 14.9. The molecule has 2 aromatic rings. The Hall–Kier alpha value is -2.06. The van der Waals surface area contributed by atoms with Crippen molar-refractivity contribution in [2.45, 2.75) is 4.90 Å². The Bertz CT molecular complexity index is 752. The van der Waals surface area contributed by atoms with Crippen LogP contribution in [0.2, 0.25) is 5.02 Å². The fourth-order valence-electron chi connectivity index (χ4n) is 1.51. The molecule has 7 nitrogen and oxygen atoms in total. The molecule has 1 heterocycles. The molecular formula is C11H10ClN3O4S. The first-order valence-corrected chi connectivity index (χ1v) is 7.12. The second-order valence-electron chi connectivity index (χ2n) is 3.74. The highest BCUT2D eigenvalue weighted by Gasteiger charge is 2.25. The summed E-state index contributed by atoms with van der Waals surface area (Å²) in [5.41, 5.74) is 5.51. The zero-order valence-electron chi connectivity index (χ0n) is 10.3. The second kappa shape index (κ2) is 5.14. The largest absolute Gasteiger partial charge is 0.465 e. The van der Waals surface area contributed by atoms with Gasteiger partial charge in [0, 0.05) is 5.02 Å². The van der Waals surface area contributed by atoms with E-state index >= 15 is 0 Å². The summed E-state index contributed by atoms with van der Waals surface area (Å²) in [6.07, 6.45) is 1.04. The van der Waals surface area contributed by atoms with E-state index in [2.05, 4.69) is 9.84 Å². The molecule has 0 fully saturated rings. The van der Waals surface area contributed by atoms with E-state index in [9.17, 15) is 13.2 Å². The summed E-state index contributed by atoms with van der Waals surface area (Å²) in [7, 11) is -2.83. The lowest BCUT2D eigenvalue weighted by Gasteiger charge is -2.06. The molecule has 2 N–H and O–H groups in total. The van der Waals surface area contributed by atoms with Crippen molar-refractivity contribution in [3.05, 3.63) is 41.0 Å². The van der Waals surface area contributed by atoms with Gasteiger partial charge in [-0.05, 0) is 24.3 Å². The Kier molecular flexibility index (Phi) is 3.69. The highest BCUT2D eigenvalue weighted by atomic mass is 35.5. The maximum absolute atomic E-state index is 12.3. The van der Waals surface area contributed by atoms with Gasteiger partial charge in [0.1, 0.15) is 5.56 Å². The van der Waals surface area contributed by atoms with Gasteiger partial charge in [0.15, 0.2) is 5.82 Å². The smallest absolute Gasteiger partial charge is 0.343 e. The van der Waals surface area contributed by atoms with Crippen LogP contribution in [0.25, 0.3) is 0 Å². The lowest BCUT2D eigenvalue weighted by molar-refractivity contribution is 0.0602. The van der Waals surface area contributed by atoms with Crippen LogP contribution in [0.5, 0.6) is 0 Å². The number of nitrogens with two attached hydrogens (primary N) is 1. The van der Waals surface area contributed by atoms with Crippen molar-refractivity contribution in [1.82, 2.24) is 9.19 Å². The summed E-state index contributed by atoms with van der Waals surface area (Å²) in [4.78, 5) is 11.3. The van der Waals surface area contributed by atoms with Crippen LogP contribution in [-0.2, 0) is 14.8 Å². The van der Waals surface area contributed by atoms with Gasteiger partial charge in [0.25, 0.3) is 10.0 Å². The minimum Gasteiger partial charge on any atom is -0.465 e. The van der Waals surface area contributed by atoms with Gasteiger partial charge in [-0.3, -0.25) is 0 Å². The van der Waals surface area contributed by atoms with E-state index in [0.29, 0.717) is 9.11 Å². The molecule has 0 aliphatic rings. The Balaban J connectivity index is 2.53. The van der Waals surface area contributed by atoms with E-state index in [4.69, 9.17) is 17.3 Å². The second-order valence-corrected chi connectivity index (χ2v) is 5.94. The molecule has 9 heteroatoms. The van der Waals surface area contributed by atoms with Crippen LogP contribution in [0.15, 0.2) is 35.4 Å². The molecule has 0 atom stereocenters. The number of halogens is 1. The standard InChI is InChI=1S/C11H10ClN3O4S/c1-19-11(16)9-6-14-15(10(9)13)20(17,18)8-4-2-7(12)3-5-8/h2-6H,13H2,1H3. The topological polar surface area (TPSA) is 104 Å². The Morgan fingerprint density at radius 2 is 1.95 bits per heavy atom. The van der Waals surface area contributed by atoms with Crippen molar-refractivity contribution in [2.24, 2.45) is 0 Å². The van der Waals surface area contributed by atoms with Crippen molar-refractivity contribution in [3.63, 3.8) is 0 Å². The molecule has 0 spiro atoms. The zero-order valence-corrected chi connectivity index (χ0v) is 11.9. The van der Waals surface area contributed by atoms with E-state index in [-0.39, 0.29) is 16.3 Å². The number of esters is 1. The average Bonchev–Trinajstić information content (AvgIpc) is 2.81. The Labute approximate surface area is 120 Å². The van der Waals surface area contributed by atoms with Gasteiger partial charge in [0.05, 0.1) is 18.2 Å². The summed E-state index contributed by atoms with van der Waals surface area (Å²) >= 11 is 5.70. The summed E-state index contributed by atoms with van der Waals surface area (Å²) in [6, 6.07) is 5.48. The Morgan fingerprint density at radius 1 is 1.35 bits per heavy atom. The fourth-order valence-corrected chi connectivity index (χ4v) is 2.84. The van der Waals surface area contributed by atoms with Crippen molar-refractivity contribution in [2.75, 3.05) is 12.8 Å². The predicted octanol–water partition coefficient (Wildman–Crippen LogP) is 1.14. The molecule has 0 unspecified atom stereocenters. The van der Waals surface area contributed by atoms with E-state index in [1.807, 2.05) is 0 Å². The van der Waals surface area contributed by atoms with Gasteiger partial charge in [-0.15, -0.1) is 4.09 Å². The number of ether oxygens (including phenoxy) is 1. The molecule has 1 aromatic carbocycles. The van der Waals surface area contributed by atoms with E-state index in [1.54, 1.807) is 0 Å². The summed E-state index contributed by atoms with van der Waals surface area (Å²) < 4.78 is 29.7. The molecule has 0 bridgehead atoms. The van der Waals surface area contributed by atoms with E-state index in [0.717, 1.165) is 13.3 Å². The number of aromatic nitrogens is 2. The van der Waals surface area contributed by atoms with Gasteiger partial charge >= 0.3 is 5.97 Å². The van der Waals surface area contributed by atoms with Gasteiger partial charge in [-0.2, -0.15) is 13.5 Å². The molecule has 20 heavy (non-hydrogen) atoms. The van der Waals surface area contributed by atoms with Crippen molar-refractivity contribution >= 4 is 33.4 Å². The van der Waals surface area contributed by atoms with E-state index < -0.39 is 16.0 Å². The third-order valence-corrected chi connectivity index (χ3v) is 4.38. The normalized spacial score (nSPS) is 11.3. The van der Waals surface area contributed by atoms with Crippen LogP contribution in [0.3, 0.4) is 0 Å². The molecular weight excluding hydrogens is 306 g/mol. The quantitative estimate of drug-likeness (QED) is 0.852. The number of hydrogen-bond donors (Lipinski definition) is 1. The lowest BCUT2D eigenvalue weighted by Crippen LogP contribution is -2.17. The molecule has 0 saturated heterocycles. The van der Waals surface area contributed by atoms with E-state index in [1.165, 1.54) is 24.3 Å². The molecule has 2 rings (SSSR count). The van der Waals surface area contributed by atoms with Crippen LogP contribution in [-0.4, -0.2) is 30.7 Å². The third-order valence-electron chi connectivity index (χ3n) is 2.52. The molecule has 1 aromatic heterocycles. The maximum atomic E-state index is 12.3. The van der Waals surface area contributed by atoms with Gasteiger partial charge in [0.2, 0.25) is 0 Å². The number of benzene rings is 1. The van der Waals surface area contributed by atoms with Gasteiger partial charge < -0.3 is 10.5 Å². The minimum atomic E-state index is -3.99. The van der Waals surface area contributed by atoms with Crippen LogP contribution in [0, 0.1) is 0 Å². The van der Waals surface area contributed by atoms with Crippen LogP contribution >= 0.6 is 11.6 Å². The summed E-state index contributed by atoms with van der Waals surface area (Å²) in [5.74, 6) is -1.08. The molecule has 0 saturated carbocycles.